The summed E-state index contributed by atoms with van der Waals surface area (Å²) >= 11 is 10.7. The second kappa shape index (κ2) is 7.24. The summed E-state index contributed by atoms with van der Waals surface area (Å²) in [4.78, 5) is 1.25. The van der Waals surface area contributed by atoms with E-state index in [1.807, 2.05) is 25.1 Å². The molecule has 1 aromatic carbocycles. The number of sulfonamides is 1. The lowest BCUT2D eigenvalue weighted by molar-refractivity contribution is 0.426. The maximum Gasteiger partial charge on any atom is 0.243 e. The molecule has 0 N–H and O–H groups in total. The minimum Gasteiger partial charge on any atom is -0.207 e. The molecule has 0 amide bonds. The first-order valence-electron chi connectivity index (χ1n) is 6.36. The molecule has 2 aromatic rings. The van der Waals surface area contributed by atoms with Gasteiger partial charge in [-0.3, -0.25) is 0 Å². The number of nitrogens with zero attached hydrogens (tertiary/aromatic N) is 1. The van der Waals surface area contributed by atoms with E-state index in [1.165, 1.54) is 15.6 Å². The maximum atomic E-state index is 12.7. The van der Waals surface area contributed by atoms with Crippen molar-refractivity contribution in [1.29, 1.82) is 0 Å². The van der Waals surface area contributed by atoms with E-state index >= 15 is 0 Å². The van der Waals surface area contributed by atoms with Gasteiger partial charge in [0.15, 0.2) is 0 Å². The highest BCUT2D eigenvalue weighted by molar-refractivity contribution is 9.08. The SMILES string of the molecule is CCN(Cc1ccc(Cl)s1)S(=O)(=O)c1ccc(CBr)cc1. The van der Waals surface area contributed by atoms with Gasteiger partial charge >= 0.3 is 0 Å². The average Bonchev–Trinajstić information content (AvgIpc) is 2.90. The van der Waals surface area contributed by atoms with Crippen LogP contribution in [0, 0.1) is 0 Å². The summed E-state index contributed by atoms with van der Waals surface area (Å²) in [7, 11) is -3.48. The molecular weight excluding hydrogens is 394 g/mol. The summed E-state index contributed by atoms with van der Waals surface area (Å²) in [5.41, 5.74) is 1.04. The predicted molar refractivity (Wildman–Crippen MR) is 91.7 cm³/mol. The van der Waals surface area contributed by atoms with Crippen molar-refractivity contribution in [1.82, 2.24) is 4.31 Å². The number of benzene rings is 1. The van der Waals surface area contributed by atoms with Gasteiger partial charge in [-0.15, -0.1) is 11.3 Å². The van der Waals surface area contributed by atoms with E-state index < -0.39 is 10.0 Å². The van der Waals surface area contributed by atoms with Crippen molar-refractivity contribution >= 4 is 48.9 Å². The zero-order chi connectivity index (χ0) is 15.5. The standard InChI is InChI=1S/C14H15BrClNO2S2/c1-2-17(10-12-5-8-14(16)20-12)21(18,19)13-6-3-11(9-15)4-7-13/h3-8H,2,9-10H2,1H3. The smallest absolute Gasteiger partial charge is 0.207 e. The second-order valence-electron chi connectivity index (χ2n) is 4.41. The Morgan fingerprint density at radius 2 is 1.86 bits per heavy atom. The van der Waals surface area contributed by atoms with Gasteiger partial charge in [0.2, 0.25) is 10.0 Å². The van der Waals surface area contributed by atoms with Crippen LogP contribution in [0.25, 0.3) is 0 Å². The highest BCUT2D eigenvalue weighted by Gasteiger charge is 2.23. The first-order chi connectivity index (χ1) is 9.97. The van der Waals surface area contributed by atoms with Crippen molar-refractivity contribution in [2.45, 2.75) is 23.7 Å². The minimum absolute atomic E-state index is 0.316. The van der Waals surface area contributed by atoms with Gasteiger partial charge in [-0.05, 0) is 29.8 Å². The van der Waals surface area contributed by atoms with E-state index in [2.05, 4.69) is 15.9 Å². The number of alkyl halides is 1. The van der Waals surface area contributed by atoms with E-state index in [4.69, 9.17) is 11.6 Å². The molecule has 0 aliphatic heterocycles. The van der Waals surface area contributed by atoms with Crippen LogP contribution in [0.15, 0.2) is 41.3 Å². The molecule has 0 aliphatic carbocycles. The van der Waals surface area contributed by atoms with Crippen LogP contribution < -0.4 is 0 Å². The largest absolute Gasteiger partial charge is 0.243 e. The first kappa shape index (κ1) is 17.0. The lowest BCUT2D eigenvalue weighted by Gasteiger charge is -2.20. The van der Waals surface area contributed by atoms with Gasteiger partial charge in [0.1, 0.15) is 0 Å². The second-order valence-corrected chi connectivity index (χ2v) is 8.71. The fourth-order valence-corrected chi connectivity index (χ4v) is 4.86. The van der Waals surface area contributed by atoms with Crippen molar-refractivity contribution < 1.29 is 8.42 Å². The molecule has 0 fully saturated rings. The lowest BCUT2D eigenvalue weighted by atomic mass is 10.2. The van der Waals surface area contributed by atoms with Crippen LogP contribution in [0.4, 0.5) is 0 Å². The Morgan fingerprint density at radius 3 is 2.33 bits per heavy atom. The van der Waals surface area contributed by atoms with Crippen molar-refractivity contribution in [2.24, 2.45) is 0 Å². The highest BCUT2D eigenvalue weighted by Crippen LogP contribution is 2.25. The topological polar surface area (TPSA) is 37.4 Å². The van der Waals surface area contributed by atoms with E-state index in [9.17, 15) is 8.42 Å². The molecule has 2 rings (SSSR count). The molecule has 0 aliphatic rings. The Balaban J connectivity index is 2.25. The maximum absolute atomic E-state index is 12.7. The number of hydrogen-bond acceptors (Lipinski definition) is 3. The summed E-state index contributed by atoms with van der Waals surface area (Å²) in [6, 6.07) is 10.6. The third kappa shape index (κ3) is 4.07. The van der Waals surface area contributed by atoms with Crippen LogP contribution in [0.3, 0.4) is 0 Å². The molecule has 114 valence electrons. The fourth-order valence-electron chi connectivity index (χ4n) is 1.88. The van der Waals surface area contributed by atoms with Crippen molar-refractivity contribution in [3.63, 3.8) is 0 Å². The van der Waals surface area contributed by atoms with Gasteiger partial charge in [0, 0.05) is 23.3 Å². The molecule has 7 heteroatoms. The third-order valence-corrected chi connectivity index (χ3v) is 6.83. The Hall–Kier alpha value is -0.400. The Kier molecular flexibility index (Phi) is 5.85. The van der Waals surface area contributed by atoms with Gasteiger partial charge in [0.05, 0.1) is 9.23 Å². The first-order valence-corrected chi connectivity index (χ1v) is 10.1. The Labute approximate surface area is 142 Å². The number of rotatable bonds is 6. The van der Waals surface area contributed by atoms with Gasteiger partial charge in [-0.25, -0.2) is 8.42 Å². The molecule has 0 atom stereocenters. The summed E-state index contributed by atoms with van der Waals surface area (Å²) in [6.45, 7) is 2.59. The summed E-state index contributed by atoms with van der Waals surface area (Å²) in [5, 5.41) is 0.707. The molecule has 21 heavy (non-hydrogen) atoms. The van der Waals surface area contributed by atoms with Crippen molar-refractivity contribution in [2.75, 3.05) is 6.54 Å². The molecule has 0 saturated carbocycles. The van der Waals surface area contributed by atoms with Crippen LogP contribution in [0.1, 0.15) is 17.4 Å². The Morgan fingerprint density at radius 1 is 1.19 bits per heavy atom. The average molecular weight is 409 g/mol. The molecule has 0 bridgehead atoms. The lowest BCUT2D eigenvalue weighted by Crippen LogP contribution is -2.30. The van der Waals surface area contributed by atoms with Crippen molar-refractivity contribution in [3.8, 4) is 0 Å². The van der Waals surface area contributed by atoms with E-state index in [0.29, 0.717) is 27.7 Å². The molecule has 0 unspecified atom stereocenters. The number of thiophene rings is 1. The number of halogens is 2. The summed E-state index contributed by atoms with van der Waals surface area (Å²) < 4.78 is 27.4. The molecule has 0 spiro atoms. The molecule has 3 nitrogen and oxygen atoms in total. The van der Waals surface area contributed by atoms with E-state index in [0.717, 1.165) is 10.4 Å². The van der Waals surface area contributed by atoms with Gasteiger partial charge in [-0.1, -0.05) is 46.6 Å². The zero-order valence-electron chi connectivity index (χ0n) is 11.4. The van der Waals surface area contributed by atoms with Crippen LogP contribution >= 0.6 is 38.9 Å². The molecular formula is C14H15BrClNO2S2. The van der Waals surface area contributed by atoms with Crippen LogP contribution in [0.2, 0.25) is 4.34 Å². The quantitative estimate of drug-likeness (QED) is 0.660. The van der Waals surface area contributed by atoms with Gasteiger partial charge in [0.25, 0.3) is 0 Å². The fraction of sp³-hybridized carbons (Fsp3) is 0.286. The molecule has 1 aromatic heterocycles. The molecule has 1 heterocycles. The minimum atomic E-state index is -3.48. The van der Waals surface area contributed by atoms with Crippen LogP contribution in [-0.4, -0.2) is 19.3 Å². The van der Waals surface area contributed by atoms with Crippen LogP contribution in [0.5, 0.6) is 0 Å². The van der Waals surface area contributed by atoms with E-state index in [1.54, 1.807) is 18.2 Å². The third-order valence-electron chi connectivity index (χ3n) is 3.03. The Bertz CT molecular complexity index is 698. The normalized spacial score (nSPS) is 12.0. The number of hydrogen-bond donors (Lipinski definition) is 0. The molecule has 0 saturated heterocycles. The summed E-state index contributed by atoms with van der Waals surface area (Å²) in [5.74, 6) is 0. The zero-order valence-corrected chi connectivity index (χ0v) is 15.4. The van der Waals surface area contributed by atoms with E-state index in [-0.39, 0.29) is 0 Å². The van der Waals surface area contributed by atoms with Crippen molar-refractivity contribution in [3.05, 3.63) is 51.2 Å². The monoisotopic (exact) mass is 407 g/mol. The van der Waals surface area contributed by atoms with Gasteiger partial charge in [-0.2, -0.15) is 4.31 Å². The summed E-state index contributed by atoms with van der Waals surface area (Å²) in [6.07, 6.45) is 0. The molecule has 0 radical (unpaired) electrons. The predicted octanol–water partition coefficient (Wildman–Crippen LogP) is 4.51. The van der Waals surface area contributed by atoms with Gasteiger partial charge < -0.3 is 0 Å². The highest BCUT2D eigenvalue weighted by atomic mass is 79.9. The van der Waals surface area contributed by atoms with Crippen LogP contribution in [-0.2, 0) is 21.9 Å².